The van der Waals surface area contributed by atoms with Crippen LogP contribution in [0.15, 0.2) is 231 Å². The first-order valence-corrected chi connectivity index (χ1v) is 21.0. The molecule has 0 saturated carbocycles. The summed E-state index contributed by atoms with van der Waals surface area (Å²) in [6.45, 7) is 0. The summed E-state index contributed by atoms with van der Waals surface area (Å²) in [6, 6.07) is 83.5. The van der Waals surface area contributed by atoms with Gasteiger partial charge >= 0.3 is 0 Å². The fraction of sp³-hybridized carbons (Fsp3) is 0.0169. The monoisotopic (exact) mass is 774 g/mol. The minimum absolute atomic E-state index is 0.441. The summed E-state index contributed by atoms with van der Waals surface area (Å²) in [6.07, 6.45) is 0. The van der Waals surface area contributed by atoms with Crippen molar-refractivity contribution in [3.63, 3.8) is 0 Å². The van der Waals surface area contributed by atoms with E-state index in [9.17, 15) is 0 Å². The highest BCUT2D eigenvalue weighted by Crippen LogP contribution is 2.63. The Kier molecular flexibility index (Phi) is 8.11. The predicted octanol–water partition coefficient (Wildman–Crippen LogP) is 14.8. The average Bonchev–Trinajstić information content (AvgIpc) is 3.81. The van der Waals surface area contributed by atoms with E-state index in [-0.39, 0.29) is 0 Å². The van der Waals surface area contributed by atoms with E-state index in [0.29, 0.717) is 5.82 Å². The average molecular weight is 775 g/mol. The molecular formula is C59H38N2. The first-order chi connectivity index (χ1) is 30.2. The molecular weight excluding hydrogens is 737 g/mol. The molecule has 0 bridgehead atoms. The fourth-order valence-electron chi connectivity index (χ4n) is 9.98. The van der Waals surface area contributed by atoms with Crippen molar-refractivity contribution in [2.24, 2.45) is 0 Å². The standard InChI is InChI=1S/C59H38N2/c1-4-16-39(17-5-1)40-28-30-41(31-29-40)49-36-51-48-24-12-15-27-54(48)59(52-25-13-10-22-46(52)47-23-11-14-26-53(47)59)55(51)37-50(49)42-32-34-45(35-33-42)58-60-56(43-18-6-2-7-19-43)38-57(61-58)44-20-8-3-9-21-44/h1-38H. The SMILES string of the molecule is c1ccc(-c2ccc(-c3cc4c(cc3-c3ccc(-c5nc(-c6ccccc6)cc(-c6ccccc6)n5)cc3)C3(c5ccccc5-c5ccccc53)c3ccccc3-4)cc2)cc1. The van der Waals surface area contributed by atoms with Crippen molar-refractivity contribution in [1.29, 1.82) is 0 Å². The molecule has 2 aliphatic carbocycles. The van der Waals surface area contributed by atoms with Gasteiger partial charge < -0.3 is 0 Å². The van der Waals surface area contributed by atoms with Gasteiger partial charge in [-0.05, 0) is 96.1 Å². The Bertz CT molecular complexity index is 3160. The lowest BCUT2D eigenvalue weighted by atomic mass is 9.70. The molecule has 0 atom stereocenters. The molecule has 9 aromatic carbocycles. The summed E-state index contributed by atoms with van der Waals surface area (Å²) >= 11 is 0. The van der Waals surface area contributed by atoms with Crippen molar-refractivity contribution >= 4 is 0 Å². The van der Waals surface area contributed by atoms with E-state index < -0.39 is 5.41 Å². The number of aromatic nitrogens is 2. The lowest BCUT2D eigenvalue weighted by Crippen LogP contribution is -2.25. The lowest BCUT2D eigenvalue weighted by Gasteiger charge is -2.31. The van der Waals surface area contributed by atoms with E-state index in [0.717, 1.165) is 33.6 Å². The summed E-state index contributed by atoms with van der Waals surface area (Å²) in [4.78, 5) is 10.3. The Labute approximate surface area is 356 Å². The zero-order valence-corrected chi connectivity index (χ0v) is 33.3. The van der Waals surface area contributed by atoms with Gasteiger partial charge in [0, 0.05) is 16.7 Å². The van der Waals surface area contributed by atoms with Gasteiger partial charge in [-0.2, -0.15) is 0 Å². The molecule has 1 aromatic heterocycles. The molecule has 0 aliphatic heterocycles. The number of benzene rings is 9. The Morgan fingerprint density at radius 1 is 0.230 bits per heavy atom. The van der Waals surface area contributed by atoms with Crippen molar-refractivity contribution < 1.29 is 0 Å². The van der Waals surface area contributed by atoms with E-state index in [1.165, 1.54) is 72.3 Å². The van der Waals surface area contributed by atoms with Gasteiger partial charge in [-0.25, -0.2) is 9.97 Å². The number of nitrogens with zero attached hydrogens (tertiary/aromatic N) is 2. The second kappa shape index (κ2) is 14.1. The Balaban J connectivity index is 1.06. The van der Waals surface area contributed by atoms with Crippen LogP contribution in [0, 0.1) is 0 Å². The molecule has 0 N–H and O–H groups in total. The highest BCUT2D eigenvalue weighted by Gasteiger charge is 2.51. The molecule has 1 heterocycles. The molecule has 0 saturated heterocycles. The summed E-state index contributed by atoms with van der Waals surface area (Å²) < 4.78 is 0. The van der Waals surface area contributed by atoms with Crippen LogP contribution in [0.25, 0.3) is 89.5 Å². The smallest absolute Gasteiger partial charge is 0.160 e. The van der Waals surface area contributed by atoms with Crippen LogP contribution in [-0.4, -0.2) is 9.97 Å². The zero-order chi connectivity index (χ0) is 40.3. The molecule has 0 radical (unpaired) electrons. The number of hydrogen-bond donors (Lipinski definition) is 0. The molecule has 2 aliphatic rings. The van der Waals surface area contributed by atoms with Crippen LogP contribution in [0.1, 0.15) is 22.3 Å². The summed E-state index contributed by atoms with van der Waals surface area (Å²) in [5, 5.41) is 0. The molecule has 0 fully saturated rings. The third-order valence-corrected chi connectivity index (χ3v) is 12.8. The van der Waals surface area contributed by atoms with Crippen LogP contribution in [-0.2, 0) is 5.41 Å². The van der Waals surface area contributed by atoms with Crippen LogP contribution in [0.2, 0.25) is 0 Å². The second-order valence-electron chi connectivity index (χ2n) is 16.0. The van der Waals surface area contributed by atoms with Gasteiger partial charge in [-0.3, -0.25) is 0 Å². The third kappa shape index (κ3) is 5.57. The topological polar surface area (TPSA) is 25.8 Å². The van der Waals surface area contributed by atoms with E-state index in [2.05, 4.69) is 218 Å². The van der Waals surface area contributed by atoms with Gasteiger partial charge in [0.05, 0.1) is 16.8 Å². The summed E-state index contributed by atoms with van der Waals surface area (Å²) in [5.41, 5.74) is 22.1. The Hall–Kier alpha value is -7.94. The van der Waals surface area contributed by atoms with Crippen LogP contribution in [0.5, 0.6) is 0 Å². The quantitative estimate of drug-likeness (QED) is 0.168. The van der Waals surface area contributed by atoms with Gasteiger partial charge in [-0.1, -0.05) is 212 Å². The number of fused-ring (bicyclic) bond motifs is 10. The van der Waals surface area contributed by atoms with E-state index in [4.69, 9.17) is 9.97 Å². The molecule has 2 heteroatoms. The first kappa shape index (κ1) is 35.0. The molecule has 61 heavy (non-hydrogen) atoms. The minimum Gasteiger partial charge on any atom is -0.228 e. The molecule has 12 rings (SSSR count). The zero-order valence-electron chi connectivity index (χ0n) is 33.3. The molecule has 1 spiro atoms. The predicted molar refractivity (Wildman–Crippen MR) is 251 cm³/mol. The number of rotatable bonds is 6. The van der Waals surface area contributed by atoms with Gasteiger partial charge in [0.2, 0.25) is 0 Å². The number of hydrogen-bond acceptors (Lipinski definition) is 2. The van der Waals surface area contributed by atoms with Crippen LogP contribution >= 0.6 is 0 Å². The maximum atomic E-state index is 5.15. The maximum absolute atomic E-state index is 5.15. The van der Waals surface area contributed by atoms with Crippen LogP contribution < -0.4 is 0 Å². The van der Waals surface area contributed by atoms with Gasteiger partial charge in [0.25, 0.3) is 0 Å². The van der Waals surface area contributed by atoms with Crippen molar-refractivity contribution in [2.75, 3.05) is 0 Å². The normalized spacial score (nSPS) is 12.7. The van der Waals surface area contributed by atoms with Crippen LogP contribution in [0.3, 0.4) is 0 Å². The van der Waals surface area contributed by atoms with E-state index in [1.54, 1.807) is 0 Å². The van der Waals surface area contributed by atoms with Crippen molar-refractivity contribution in [3.8, 4) is 89.5 Å². The van der Waals surface area contributed by atoms with Gasteiger partial charge in [-0.15, -0.1) is 0 Å². The molecule has 0 unspecified atom stereocenters. The minimum atomic E-state index is -0.441. The van der Waals surface area contributed by atoms with Crippen LogP contribution in [0.4, 0.5) is 0 Å². The second-order valence-corrected chi connectivity index (χ2v) is 16.0. The Morgan fingerprint density at radius 2 is 0.590 bits per heavy atom. The van der Waals surface area contributed by atoms with Crippen molar-refractivity contribution in [2.45, 2.75) is 5.41 Å². The molecule has 0 amide bonds. The molecule has 284 valence electrons. The first-order valence-electron chi connectivity index (χ1n) is 21.0. The summed E-state index contributed by atoms with van der Waals surface area (Å²) in [7, 11) is 0. The fourth-order valence-corrected chi connectivity index (χ4v) is 9.98. The largest absolute Gasteiger partial charge is 0.228 e. The van der Waals surface area contributed by atoms with Crippen molar-refractivity contribution in [3.05, 3.63) is 253 Å². The Morgan fingerprint density at radius 3 is 1.08 bits per heavy atom. The highest BCUT2D eigenvalue weighted by atomic mass is 14.9. The van der Waals surface area contributed by atoms with E-state index in [1.807, 2.05) is 12.1 Å². The lowest BCUT2D eigenvalue weighted by molar-refractivity contribution is 0.794. The van der Waals surface area contributed by atoms with E-state index >= 15 is 0 Å². The highest BCUT2D eigenvalue weighted by molar-refractivity contribution is 5.99. The molecule has 2 nitrogen and oxygen atoms in total. The van der Waals surface area contributed by atoms with Crippen molar-refractivity contribution in [1.82, 2.24) is 9.97 Å². The third-order valence-electron chi connectivity index (χ3n) is 12.8. The maximum Gasteiger partial charge on any atom is 0.160 e. The summed E-state index contributed by atoms with van der Waals surface area (Å²) in [5.74, 6) is 0.700. The van der Waals surface area contributed by atoms with Gasteiger partial charge in [0.15, 0.2) is 5.82 Å². The molecule has 10 aromatic rings. The van der Waals surface area contributed by atoms with Gasteiger partial charge in [0.1, 0.15) is 0 Å².